The Kier molecular flexibility index (Phi) is 4.06. The number of amides is 1. The number of carboxylic acid groups (broad SMARTS) is 1. The van der Waals surface area contributed by atoms with Gasteiger partial charge in [0.15, 0.2) is 0 Å². The van der Waals surface area contributed by atoms with Gasteiger partial charge in [0.1, 0.15) is 6.04 Å². The minimum Gasteiger partial charge on any atom is -0.480 e. The van der Waals surface area contributed by atoms with Crippen LogP contribution in [0.15, 0.2) is 0 Å². The molecule has 0 radical (unpaired) electrons. The summed E-state index contributed by atoms with van der Waals surface area (Å²) in [5.74, 6) is -0.511. The molecule has 1 saturated carbocycles. The Morgan fingerprint density at radius 3 is 2.67 bits per heavy atom. The Balaban J connectivity index is 1.95. The number of carbonyl (C=O) groups is 2. The molecule has 3 atom stereocenters. The van der Waals surface area contributed by atoms with Gasteiger partial charge < -0.3 is 19.9 Å². The highest BCUT2D eigenvalue weighted by molar-refractivity contribution is 5.80. The van der Waals surface area contributed by atoms with Crippen molar-refractivity contribution in [3.63, 3.8) is 0 Å². The number of carbonyl (C=O) groups excluding carboxylic acids is 1. The van der Waals surface area contributed by atoms with Crippen molar-refractivity contribution in [1.82, 2.24) is 5.32 Å². The Morgan fingerprint density at radius 2 is 2.11 bits per heavy atom. The van der Waals surface area contributed by atoms with Crippen LogP contribution in [0.5, 0.6) is 0 Å². The molecule has 2 aliphatic rings. The number of aliphatic carboxylic acids is 1. The van der Waals surface area contributed by atoms with Crippen molar-refractivity contribution in [3.05, 3.63) is 0 Å². The van der Waals surface area contributed by atoms with Crippen molar-refractivity contribution in [2.45, 2.75) is 37.8 Å². The first-order valence-corrected chi connectivity index (χ1v) is 6.30. The maximum atomic E-state index is 11.2. The largest absolute Gasteiger partial charge is 0.480 e. The number of carboxylic acids is 1. The van der Waals surface area contributed by atoms with Crippen LogP contribution in [0.25, 0.3) is 0 Å². The first kappa shape index (κ1) is 13.1. The summed E-state index contributed by atoms with van der Waals surface area (Å²) in [5, 5.41) is 11.6. The van der Waals surface area contributed by atoms with E-state index in [-0.39, 0.29) is 12.0 Å². The van der Waals surface area contributed by atoms with Gasteiger partial charge in [-0.05, 0) is 37.5 Å². The summed E-state index contributed by atoms with van der Waals surface area (Å²) in [6.45, 7) is 0.568. The molecule has 1 amide bonds. The predicted octanol–water partition coefficient (Wildman–Crippen LogP) is 1.00. The van der Waals surface area contributed by atoms with Gasteiger partial charge in [-0.15, -0.1) is 0 Å². The van der Waals surface area contributed by atoms with Crippen molar-refractivity contribution >= 4 is 12.1 Å². The fourth-order valence-electron chi connectivity index (χ4n) is 2.52. The zero-order chi connectivity index (χ0) is 13.1. The third-order valence-corrected chi connectivity index (χ3v) is 3.70. The van der Waals surface area contributed by atoms with Crippen LogP contribution in [0.4, 0.5) is 4.79 Å². The van der Waals surface area contributed by atoms with Gasteiger partial charge in [-0.2, -0.15) is 0 Å². The summed E-state index contributed by atoms with van der Waals surface area (Å²) in [6, 6.07) is -0.886. The lowest BCUT2D eigenvalue weighted by Gasteiger charge is -2.33. The number of alkyl carbamates (subject to hydrolysis) is 1. The molecule has 6 heteroatoms. The monoisotopic (exact) mass is 257 g/mol. The van der Waals surface area contributed by atoms with Gasteiger partial charge in [0, 0.05) is 6.61 Å². The molecule has 0 aromatic rings. The lowest BCUT2D eigenvalue weighted by atomic mass is 9.87. The highest BCUT2D eigenvalue weighted by Crippen LogP contribution is 2.40. The molecule has 6 nitrogen and oxygen atoms in total. The lowest BCUT2D eigenvalue weighted by molar-refractivity contribution is -0.142. The van der Waals surface area contributed by atoms with Crippen LogP contribution < -0.4 is 5.32 Å². The summed E-state index contributed by atoms with van der Waals surface area (Å²) < 4.78 is 10.1. The smallest absolute Gasteiger partial charge is 0.407 e. The zero-order valence-electron chi connectivity index (χ0n) is 10.4. The summed E-state index contributed by atoms with van der Waals surface area (Å²) in [6.07, 6.45) is 3.15. The molecule has 1 heterocycles. The van der Waals surface area contributed by atoms with Gasteiger partial charge in [-0.25, -0.2) is 9.59 Å². The maximum absolute atomic E-state index is 11.2. The quantitative estimate of drug-likeness (QED) is 0.784. The summed E-state index contributed by atoms with van der Waals surface area (Å²) >= 11 is 0. The van der Waals surface area contributed by atoms with Gasteiger partial charge in [-0.3, -0.25) is 0 Å². The van der Waals surface area contributed by atoms with Crippen LogP contribution in [0.3, 0.4) is 0 Å². The maximum Gasteiger partial charge on any atom is 0.407 e. The Labute approximate surface area is 106 Å². The Bertz CT molecular complexity index is 328. The van der Waals surface area contributed by atoms with Crippen LogP contribution in [0.2, 0.25) is 0 Å². The van der Waals surface area contributed by atoms with E-state index < -0.39 is 18.1 Å². The van der Waals surface area contributed by atoms with E-state index in [0.29, 0.717) is 25.4 Å². The molecule has 0 aromatic heterocycles. The highest BCUT2D eigenvalue weighted by Gasteiger charge is 2.40. The average molecular weight is 257 g/mol. The van der Waals surface area contributed by atoms with Gasteiger partial charge in [0.2, 0.25) is 0 Å². The van der Waals surface area contributed by atoms with Gasteiger partial charge in [0.05, 0.1) is 13.2 Å². The normalized spacial score (nSPS) is 29.4. The molecule has 0 spiro atoms. The van der Waals surface area contributed by atoms with Crippen molar-refractivity contribution < 1.29 is 24.2 Å². The minimum atomic E-state index is -1.01. The summed E-state index contributed by atoms with van der Waals surface area (Å²) in [7, 11) is 1.23. The van der Waals surface area contributed by atoms with Crippen LogP contribution in [0.1, 0.15) is 25.7 Å². The molecule has 2 fully saturated rings. The molecule has 2 N–H and O–H groups in total. The van der Waals surface area contributed by atoms with Crippen LogP contribution in [0, 0.1) is 11.8 Å². The topological polar surface area (TPSA) is 84.9 Å². The van der Waals surface area contributed by atoms with Crippen molar-refractivity contribution in [1.29, 1.82) is 0 Å². The highest BCUT2D eigenvalue weighted by atomic mass is 16.5. The molecule has 0 bridgehead atoms. The Morgan fingerprint density at radius 1 is 1.39 bits per heavy atom. The SMILES string of the molecule is COC(=O)N[C@H](C(=O)O)[C@@H]1CCOC(C2CC2)C1. The van der Waals surface area contributed by atoms with Crippen LogP contribution in [-0.4, -0.2) is 43.0 Å². The number of hydrogen-bond donors (Lipinski definition) is 2. The van der Waals surface area contributed by atoms with Crippen LogP contribution >= 0.6 is 0 Å². The number of hydrogen-bond acceptors (Lipinski definition) is 4. The minimum absolute atomic E-state index is 0.0825. The first-order chi connectivity index (χ1) is 8.61. The van der Waals surface area contributed by atoms with E-state index in [1.54, 1.807) is 0 Å². The second-order valence-corrected chi connectivity index (χ2v) is 4.98. The van der Waals surface area contributed by atoms with Crippen molar-refractivity contribution in [3.8, 4) is 0 Å². The molecular formula is C12H19NO5. The number of ether oxygens (including phenoxy) is 2. The van der Waals surface area contributed by atoms with Crippen LogP contribution in [-0.2, 0) is 14.3 Å². The summed E-state index contributed by atoms with van der Waals surface area (Å²) in [4.78, 5) is 22.4. The molecule has 1 saturated heterocycles. The van der Waals surface area contributed by atoms with Crippen molar-refractivity contribution in [2.75, 3.05) is 13.7 Å². The second kappa shape index (κ2) is 5.56. The fraction of sp³-hybridized carbons (Fsp3) is 0.833. The standard InChI is InChI=1S/C12H19NO5/c1-17-12(16)13-10(11(14)15)8-4-5-18-9(6-8)7-2-3-7/h7-10H,2-6H2,1H3,(H,13,16)(H,14,15)/t8-,9?,10+/m1/s1. The molecular weight excluding hydrogens is 238 g/mol. The average Bonchev–Trinajstić information content (AvgIpc) is 3.19. The first-order valence-electron chi connectivity index (χ1n) is 6.30. The molecule has 1 aliphatic heterocycles. The van der Waals surface area contributed by atoms with E-state index >= 15 is 0 Å². The molecule has 1 unspecified atom stereocenters. The molecule has 18 heavy (non-hydrogen) atoms. The fourth-order valence-corrected chi connectivity index (χ4v) is 2.52. The van der Waals surface area contributed by atoms with E-state index in [4.69, 9.17) is 4.74 Å². The van der Waals surface area contributed by atoms with Gasteiger partial charge in [0.25, 0.3) is 0 Å². The number of nitrogens with one attached hydrogen (secondary N) is 1. The van der Waals surface area contributed by atoms with Crippen molar-refractivity contribution in [2.24, 2.45) is 11.8 Å². The third kappa shape index (κ3) is 3.13. The molecule has 102 valence electrons. The van der Waals surface area contributed by atoms with E-state index in [1.165, 1.54) is 20.0 Å². The second-order valence-electron chi connectivity index (χ2n) is 4.98. The molecule has 0 aromatic carbocycles. The molecule has 2 rings (SSSR count). The summed E-state index contributed by atoms with van der Waals surface area (Å²) in [5.41, 5.74) is 0. The molecule has 1 aliphatic carbocycles. The third-order valence-electron chi connectivity index (χ3n) is 3.70. The lowest BCUT2D eigenvalue weighted by Crippen LogP contribution is -2.48. The number of methoxy groups -OCH3 is 1. The van der Waals surface area contributed by atoms with Gasteiger partial charge >= 0.3 is 12.1 Å². The Hall–Kier alpha value is -1.30. The van der Waals surface area contributed by atoms with Gasteiger partial charge in [-0.1, -0.05) is 0 Å². The number of rotatable bonds is 4. The van der Waals surface area contributed by atoms with E-state index in [2.05, 4.69) is 10.1 Å². The van der Waals surface area contributed by atoms with E-state index in [1.807, 2.05) is 0 Å². The van der Waals surface area contributed by atoms with E-state index in [0.717, 1.165) is 0 Å². The zero-order valence-corrected chi connectivity index (χ0v) is 10.4. The predicted molar refractivity (Wildman–Crippen MR) is 62.2 cm³/mol. The van der Waals surface area contributed by atoms with E-state index in [9.17, 15) is 14.7 Å².